The van der Waals surface area contributed by atoms with Crippen molar-refractivity contribution in [2.45, 2.75) is 26.2 Å². The predicted octanol–water partition coefficient (Wildman–Crippen LogP) is 4.64. The molecule has 1 heterocycles. The first-order valence-corrected chi connectivity index (χ1v) is 11.5. The number of methoxy groups -OCH3 is 1. The number of ether oxygens (including phenoxy) is 1. The van der Waals surface area contributed by atoms with Crippen molar-refractivity contribution < 1.29 is 4.74 Å². The predicted molar refractivity (Wildman–Crippen MR) is 131 cm³/mol. The average Bonchev–Trinajstić information content (AvgIpc) is 2.72. The second kappa shape index (κ2) is 9.36. The summed E-state index contributed by atoms with van der Waals surface area (Å²) in [5, 5.41) is 3.31. The van der Waals surface area contributed by atoms with Crippen molar-refractivity contribution in [3.8, 4) is 11.4 Å². The Kier molecular flexibility index (Phi) is 6.81. The molecule has 0 aliphatic rings. The number of nitrogens with one attached hydrogen (secondary N) is 2. The summed E-state index contributed by atoms with van der Waals surface area (Å²) in [5.74, 6) is 0.760. The first kappa shape index (κ1) is 22.6. The molecule has 0 aliphatic carbocycles. The maximum absolute atomic E-state index is 12.4. The van der Waals surface area contributed by atoms with Gasteiger partial charge >= 0.3 is 5.69 Å². The third-order valence-electron chi connectivity index (χ3n) is 4.85. The van der Waals surface area contributed by atoms with Gasteiger partial charge in [-0.15, -0.1) is 0 Å². The minimum Gasteiger partial charge on any atom is -0.496 e. The smallest absolute Gasteiger partial charge is 0.332 e. The first-order chi connectivity index (χ1) is 14.7. The number of anilines is 1. The lowest BCUT2D eigenvalue weighted by atomic mass is 9.84. The Balaban J connectivity index is 2.13. The summed E-state index contributed by atoms with van der Waals surface area (Å²) in [6, 6.07) is 13.3. The van der Waals surface area contributed by atoms with Crippen LogP contribution in [0.5, 0.6) is 5.75 Å². The molecule has 0 bridgehead atoms. The van der Waals surface area contributed by atoms with E-state index in [2.05, 4.69) is 37.5 Å². The summed E-state index contributed by atoms with van der Waals surface area (Å²) in [7, 11) is 2.30. The maximum atomic E-state index is 12.4. The summed E-state index contributed by atoms with van der Waals surface area (Å²) >= 11 is 0. The van der Waals surface area contributed by atoms with Crippen molar-refractivity contribution in [3.63, 3.8) is 0 Å². The van der Waals surface area contributed by atoms with Crippen LogP contribution in [0.4, 0.5) is 5.69 Å². The quantitative estimate of drug-likeness (QED) is 0.435. The normalized spacial score (nSPS) is 12.0. The number of hydrogen-bond acceptors (Lipinski definition) is 4. The van der Waals surface area contributed by atoms with Gasteiger partial charge in [-0.1, -0.05) is 45.1 Å². The Morgan fingerprint density at radius 2 is 1.77 bits per heavy atom. The van der Waals surface area contributed by atoms with Gasteiger partial charge in [-0.3, -0.25) is 14.3 Å². The van der Waals surface area contributed by atoms with E-state index in [-0.39, 0.29) is 5.41 Å². The van der Waals surface area contributed by atoms with Gasteiger partial charge in [-0.05, 0) is 50.6 Å². The molecule has 0 fully saturated rings. The Hall–Kier alpha value is -3.11. The van der Waals surface area contributed by atoms with Crippen LogP contribution in [0.25, 0.3) is 17.8 Å². The lowest BCUT2D eigenvalue weighted by molar-refractivity contribution is 0.396. The summed E-state index contributed by atoms with van der Waals surface area (Å²) in [4.78, 5) is 26.2. The van der Waals surface area contributed by atoms with Crippen molar-refractivity contribution in [3.05, 3.63) is 86.2 Å². The molecule has 31 heavy (non-hydrogen) atoms. The van der Waals surface area contributed by atoms with E-state index >= 15 is 0 Å². The van der Waals surface area contributed by atoms with Crippen molar-refractivity contribution in [2.24, 2.45) is 0 Å². The summed E-state index contributed by atoms with van der Waals surface area (Å²) in [6.07, 6.45) is 5.49. The molecule has 6 nitrogen and oxygen atoms in total. The minimum atomic E-state index is -0.479. The highest BCUT2D eigenvalue weighted by Crippen LogP contribution is 2.37. The number of nitrogens with zero attached hydrogens (tertiary/aromatic N) is 1. The van der Waals surface area contributed by atoms with Crippen molar-refractivity contribution in [1.82, 2.24) is 9.55 Å². The Morgan fingerprint density at radius 3 is 2.35 bits per heavy atom. The lowest BCUT2D eigenvalue weighted by Crippen LogP contribution is -2.28. The van der Waals surface area contributed by atoms with Crippen LogP contribution >= 0.6 is 8.73 Å². The Labute approximate surface area is 183 Å². The van der Waals surface area contributed by atoms with Gasteiger partial charge in [-0.2, -0.15) is 0 Å². The number of aromatic amines is 1. The molecule has 3 aromatic rings. The number of rotatable bonds is 6. The molecule has 0 saturated carbocycles. The fraction of sp³-hybridized carbons (Fsp3) is 0.250. The van der Waals surface area contributed by atoms with E-state index in [0.717, 1.165) is 28.1 Å². The highest BCUT2D eigenvalue weighted by Gasteiger charge is 2.22. The molecule has 0 aliphatic heterocycles. The molecule has 7 heteroatoms. The molecule has 0 saturated heterocycles. The van der Waals surface area contributed by atoms with Gasteiger partial charge in [0.2, 0.25) is 0 Å². The monoisotopic (exact) mass is 437 g/mol. The van der Waals surface area contributed by atoms with Gasteiger partial charge in [0.1, 0.15) is 5.75 Å². The fourth-order valence-electron chi connectivity index (χ4n) is 3.31. The Morgan fingerprint density at radius 1 is 1.06 bits per heavy atom. The van der Waals surface area contributed by atoms with Gasteiger partial charge in [0.15, 0.2) is 0 Å². The highest BCUT2D eigenvalue weighted by molar-refractivity contribution is 7.38. The zero-order chi connectivity index (χ0) is 22.6. The molecular formula is C24H28N3O3P. The topological polar surface area (TPSA) is 76.1 Å². The van der Waals surface area contributed by atoms with Gasteiger partial charge in [0.05, 0.1) is 12.8 Å². The summed E-state index contributed by atoms with van der Waals surface area (Å²) in [6.45, 7) is 8.38. The van der Waals surface area contributed by atoms with Crippen LogP contribution in [-0.2, 0) is 5.41 Å². The third kappa shape index (κ3) is 5.33. The van der Waals surface area contributed by atoms with E-state index < -0.39 is 11.2 Å². The second-order valence-electron chi connectivity index (χ2n) is 8.18. The molecule has 0 spiro atoms. The third-order valence-corrected chi connectivity index (χ3v) is 5.39. The van der Waals surface area contributed by atoms with Crippen LogP contribution in [0.2, 0.25) is 0 Å². The summed E-state index contributed by atoms with van der Waals surface area (Å²) < 4.78 is 7.21. The number of H-pyrrole nitrogens is 1. The first-order valence-electron chi connectivity index (χ1n) is 9.98. The van der Waals surface area contributed by atoms with Crippen LogP contribution in [0.3, 0.4) is 0 Å². The standard InChI is InChI=1S/C24H28N3O3P/c1-24(2,3)20-15-19(27-13-12-21(28)25-23(27)29)14-17(22(20)30-4)9-6-16-7-10-18(11-8-16)26-31-5/h6-15,26,31H,1-5H3,(H,25,28,29)/b9-6+. The molecule has 0 amide bonds. The highest BCUT2D eigenvalue weighted by atomic mass is 31.1. The van der Waals surface area contributed by atoms with Crippen LogP contribution < -0.4 is 21.1 Å². The van der Waals surface area contributed by atoms with Crippen molar-refractivity contribution in [1.29, 1.82) is 0 Å². The molecule has 0 radical (unpaired) electrons. The molecule has 162 valence electrons. The van der Waals surface area contributed by atoms with Crippen LogP contribution in [0, 0.1) is 0 Å². The zero-order valence-electron chi connectivity index (χ0n) is 18.4. The van der Waals surface area contributed by atoms with E-state index in [9.17, 15) is 9.59 Å². The van der Waals surface area contributed by atoms with Crippen LogP contribution in [0.1, 0.15) is 37.5 Å². The zero-order valence-corrected chi connectivity index (χ0v) is 19.4. The van der Waals surface area contributed by atoms with E-state index in [1.54, 1.807) is 7.11 Å². The molecule has 1 aromatic heterocycles. The van der Waals surface area contributed by atoms with E-state index in [1.165, 1.54) is 16.8 Å². The fourth-order valence-corrected chi connectivity index (χ4v) is 3.77. The molecule has 2 N–H and O–H groups in total. The van der Waals surface area contributed by atoms with E-state index in [0.29, 0.717) is 14.4 Å². The average molecular weight is 437 g/mol. The largest absolute Gasteiger partial charge is 0.496 e. The van der Waals surface area contributed by atoms with Gasteiger partial charge in [-0.25, -0.2) is 4.79 Å². The molecular weight excluding hydrogens is 409 g/mol. The molecule has 1 atom stereocenters. The number of benzene rings is 2. The number of aromatic nitrogens is 2. The van der Waals surface area contributed by atoms with Gasteiger partial charge in [0, 0.05) is 29.1 Å². The Bertz CT molecular complexity index is 1200. The van der Waals surface area contributed by atoms with Crippen molar-refractivity contribution >= 4 is 26.6 Å². The van der Waals surface area contributed by atoms with Gasteiger partial charge in [0.25, 0.3) is 5.56 Å². The van der Waals surface area contributed by atoms with Gasteiger partial charge < -0.3 is 9.82 Å². The lowest BCUT2D eigenvalue weighted by Gasteiger charge is -2.25. The molecule has 3 rings (SSSR count). The SMILES string of the molecule is COc1c(/C=C/c2ccc(NPC)cc2)cc(-n2ccc(=O)[nH]c2=O)cc1C(C)(C)C. The summed E-state index contributed by atoms with van der Waals surface area (Å²) in [5.41, 5.74) is 3.49. The second-order valence-corrected chi connectivity index (χ2v) is 8.93. The molecule has 2 aromatic carbocycles. The van der Waals surface area contributed by atoms with E-state index in [1.807, 2.05) is 48.6 Å². The van der Waals surface area contributed by atoms with Crippen molar-refractivity contribution in [2.75, 3.05) is 18.9 Å². The minimum absolute atomic E-state index is 0.218. The number of hydrogen-bond donors (Lipinski definition) is 2. The maximum Gasteiger partial charge on any atom is 0.332 e. The molecule has 1 unspecified atom stereocenters. The van der Waals surface area contributed by atoms with Crippen LogP contribution in [-0.4, -0.2) is 23.3 Å². The van der Waals surface area contributed by atoms with E-state index in [4.69, 9.17) is 4.74 Å². The van der Waals surface area contributed by atoms with Crippen LogP contribution in [0.15, 0.2) is 58.3 Å².